The number of hydrogen-bond donors (Lipinski definition) is 1. The van der Waals surface area contributed by atoms with Gasteiger partial charge in [0.2, 0.25) is 0 Å². The monoisotopic (exact) mass is 389 g/mol. The Balaban J connectivity index is 2.01. The Morgan fingerprint density at radius 1 is 1.30 bits per heavy atom. The van der Waals surface area contributed by atoms with Gasteiger partial charge in [0.1, 0.15) is 11.3 Å². The van der Waals surface area contributed by atoms with Gasteiger partial charge in [0.15, 0.2) is 0 Å². The van der Waals surface area contributed by atoms with E-state index in [0.717, 1.165) is 0 Å². The number of benzene rings is 1. The predicted molar refractivity (Wildman–Crippen MR) is 85.9 cm³/mol. The zero-order chi connectivity index (χ0) is 19.8. The van der Waals surface area contributed by atoms with E-state index in [9.17, 15) is 26.7 Å². The molecule has 0 radical (unpaired) electrons. The van der Waals surface area contributed by atoms with Crippen molar-refractivity contribution in [3.8, 4) is 5.75 Å². The average Bonchev–Trinajstić information content (AvgIpc) is 2.96. The minimum Gasteiger partial charge on any atom is -0.497 e. The summed E-state index contributed by atoms with van der Waals surface area (Å²) in [7, 11) is 1.46. The Hall–Kier alpha value is -2.49. The van der Waals surface area contributed by atoms with Crippen LogP contribution in [-0.2, 0) is 12.7 Å². The third kappa shape index (κ3) is 4.26. The van der Waals surface area contributed by atoms with Crippen LogP contribution in [0.25, 0.3) is 0 Å². The van der Waals surface area contributed by atoms with Gasteiger partial charge < -0.3 is 10.1 Å². The van der Waals surface area contributed by atoms with E-state index in [0.29, 0.717) is 22.1 Å². The molecule has 0 saturated carbocycles. The molecule has 1 aliphatic heterocycles. The largest absolute Gasteiger partial charge is 0.497 e. The molecule has 1 saturated heterocycles. The molecule has 1 aromatic heterocycles. The van der Waals surface area contributed by atoms with Crippen LogP contribution in [0, 0.1) is 0 Å². The number of rotatable bonds is 4. The lowest BCUT2D eigenvalue weighted by atomic mass is 10.1. The summed E-state index contributed by atoms with van der Waals surface area (Å²) in [6, 6.07) is 5.82. The Labute approximate surface area is 150 Å². The van der Waals surface area contributed by atoms with Gasteiger partial charge in [0, 0.05) is 6.42 Å². The maximum Gasteiger partial charge on any atom is 0.421 e. The second-order valence-electron chi connectivity index (χ2n) is 6.29. The van der Waals surface area contributed by atoms with Gasteiger partial charge in [-0.05, 0) is 23.8 Å². The lowest BCUT2D eigenvalue weighted by molar-refractivity contribution is -0.139. The summed E-state index contributed by atoms with van der Waals surface area (Å²) in [4.78, 5) is 12.2. The summed E-state index contributed by atoms with van der Waals surface area (Å²) in [6.07, 6.45) is -5.60. The maximum absolute atomic E-state index is 13.4. The number of nitrogens with one attached hydrogen (secondary N) is 1. The van der Waals surface area contributed by atoms with Crippen LogP contribution in [0.3, 0.4) is 0 Å². The zero-order valence-corrected chi connectivity index (χ0v) is 14.2. The SMILES string of the molecule is COc1ccc(Cn2nc([C@@H]3CC(F)(F)CN3)cc(C(F)(F)F)c2=O)cc1. The van der Waals surface area contributed by atoms with E-state index in [2.05, 4.69) is 10.4 Å². The molecule has 5 nitrogen and oxygen atoms in total. The first-order valence-electron chi connectivity index (χ1n) is 8.02. The lowest BCUT2D eigenvalue weighted by Gasteiger charge is -2.16. The molecule has 1 N–H and O–H groups in total. The second kappa shape index (κ2) is 6.91. The molecule has 2 aromatic rings. The van der Waals surface area contributed by atoms with Crippen LogP contribution >= 0.6 is 0 Å². The van der Waals surface area contributed by atoms with Crippen LogP contribution in [0.15, 0.2) is 35.1 Å². The van der Waals surface area contributed by atoms with Gasteiger partial charge in [-0.25, -0.2) is 13.5 Å². The van der Waals surface area contributed by atoms with Gasteiger partial charge in [-0.15, -0.1) is 0 Å². The van der Waals surface area contributed by atoms with Crippen LogP contribution in [-0.4, -0.2) is 29.4 Å². The molecule has 10 heteroatoms. The van der Waals surface area contributed by atoms with Crippen molar-refractivity contribution in [1.29, 1.82) is 0 Å². The summed E-state index contributed by atoms with van der Waals surface area (Å²) >= 11 is 0. The second-order valence-corrected chi connectivity index (χ2v) is 6.29. The van der Waals surface area contributed by atoms with E-state index in [1.54, 1.807) is 24.3 Å². The number of nitrogens with zero attached hydrogens (tertiary/aromatic N) is 2. The molecule has 0 amide bonds. The quantitative estimate of drug-likeness (QED) is 0.817. The van der Waals surface area contributed by atoms with E-state index in [1.807, 2.05) is 0 Å². The normalized spacial score (nSPS) is 19.3. The van der Waals surface area contributed by atoms with Gasteiger partial charge in [-0.2, -0.15) is 18.3 Å². The van der Waals surface area contributed by atoms with Gasteiger partial charge in [0.25, 0.3) is 11.5 Å². The van der Waals surface area contributed by atoms with Crippen LogP contribution < -0.4 is 15.6 Å². The van der Waals surface area contributed by atoms with Crippen molar-refractivity contribution in [3.05, 3.63) is 57.5 Å². The van der Waals surface area contributed by atoms with Gasteiger partial charge in [-0.1, -0.05) is 12.1 Å². The summed E-state index contributed by atoms with van der Waals surface area (Å²) in [5.74, 6) is -2.50. The lowest BCUT2D eigenvalue weighted by Crippen LogP contribution is -2.33. The molecule has 1 atom stereocenters. The molecular weight excluding hydrogens is 373 g/mol. The number of ether oxygens (including phenoxy) is 1. The van der Waals surface area contributed by atoms with Gasteiger partial charge >= 0.3 is 6.18 Å². The van der Waals surface area contributed by atoms with E-state index in [4.69, 9.17) is 4.74 Å². The van der Waals surface area contributed by atoms with Crippen LogP contribution in [0.4, 0.5) is 22.0 Å². The highest BCUT2D eigenvalue weighted by molar-refractivity contribution is 5.28. The summed E-state index contributed by atoms with van der Waals surface area (Å²) < 4.78 is 72.3. The van der Waals surface area contributed by atoms with E-state index in [-0.39, 0.29) is 12.2 Å². The molecule has 2 heterocycles. The maximum atomic E-state index is 13.4. The highest BCUT2D eigenvalue weighted by atomic mass is 19.4. The molecule has 27 heavy (non-hydrogen) atoms. The number of aromatic nitrogens is 2. The third-order valence-corrected chi connectivity index (χ3v) is 4.26. The zero-order valence-electron chi connectivity index (χ0n) is 14.2. The van der Waals surface area contributed by atoms with Crippen molar-refractivity contribution in [2.24, 2.45) is 0 Å². The molecule has 1 aromatic carbocycles. The number of methoxy groups -OCH3 is 1. The number of alkyl halides is 5. The van der Waals surface area contributed by atoms with Crippen LogP contribution in [0.2, 0.25) is 0 Å². The van der Waals surface area contributed by atoms with Crippen molar-refractivity contribution in [2.75, 3.05) is 13.7 Å². The van der Waals surface area contributed by atoms with Gasteiger partial charge in [0.05, 0.1) is 31.9 Å². The van der Waals surface area contributed by atoms with E-state index >= 15 is 0 Å². The van der Waals surface area contributed by atoms with E-state index in [1.165, 1.54) is 7.11 Å². The fourth-order valence-corrected chi connectivity index (χ4v) is 2.87. The first kappa shape index (κ1) is 19.3. The molecule has 0 spiro atoms. The molecule has 1 fully saturated rings. The van der Waals surface area contributed by atoms with Crippen molar-refractivity contribution in [1.82, 2.24) is 15.1 Å². The van der Waals surface area contributed by atoms with Crippen molar-refractivity contribution >= 4 is 0 Å². The average molecular weight is 389 g/mol. The summed E-state index contributed by atoms with van der Waals surface area (Å²) in [5, 5.41) is 6.36. The van der Waals surface area contributed by atoms with Crippen LogP contribution in [0.1, 0.15) is 29.3 Å². The van der Waals surface area contributed by atoms with E-state index < -0.39 is 42.2 Å². The standard InChI is InChI=1S/C17H16F5N3O2/c1-27-11-4-2-10(3-5-11)8-25-15(26)12(17(20,21)22)6-13(24-25)14-7-16(18,19)9-23-14/h2-6,14,23H,7-9H2,1H3/t14-/m0/s1. The predicted octanol–water partition coefficient (Wildman–Crippen LogP) is 2.99. The Bertz CT molecular complexity index is 878. The molecule has 3 rings (SSSR count). The third-order valence-electron chi connectivity index (χ3n) is 4.26. The highest BCUT2D eigenvalue weighted by Gasteiger charge is 2.42. The summed E-state index contributed by atoms with van der Waals surface area (Å²) in [6.45, 7) is -0.888. The topological polar surface area (TPSA) is 56.1 Å². The fourth-order valence-electron chi connectivity index (χ4n) is 2.87. The molecule has 0 aliphatic carbocycles. The molecular formula is C17H16F5N3O2. The van der Waals surface area contributed by atoms with Crippen molar-refractivity contribution in [2.45, 2.75) is 31.1 Å². The first-order chi connectivity index (χ1) is 12.6. The Morgan fingerprint density at radius 2 is 1.96 bits per heavy atom. The summed E-state index contributed by atoms with van der Waals surface area (Å²) in [5.41, 5.74) is -2.49. The van der Waals surface area contributed by atoms with Crippen molar-refractivity contribution in [3.63, 3.8) is 0 Å². The molecule has 1 aliphatic rings. The minimum atomic E-state index is -4.92. The Kier molecular flexibility index (Phi) is 4.94. The fraction of sp³-hybridized carbons (Fsp3) is 0.412. The highest BCUT2D eigenvalue weighted by Crippen LogP contribution is 2.34. The van der Waals surface area contributed by atoms with Crippen LogP contribution in [0.5, 0.6) is 5.75 Å². The first-order valence-corrected chi connectivity index (χ1v) is 8.02. The smallest absolute Gasteiger partial charge is 0.421 e. The molecule has 146 valence electrons. The molecule has 0 bridgehead atoms. The number of hydrogen-bond acceptors (Lipinski definition) is 4. The minimum absolute atomic E-state index is 0.233. The Morgan fingerprint density at radius 3 is 2.48 bits per heavy atom. The van der Waals surface area contributed by atoms with Crippen molar-refractivity contribution < 1.29 is 26.7 Å². The van der Waals surface area contributed by atoms with Gasteiger partial charge in [-0.3, -0.25) is 4.79 Å². The number of halogens is 5. The molecule has 0 unspecified atom stereocenters.